The van der Waals surface area contributed by atoms with E-state index >= 15 is 0 Å². The van der Waals surface area contributed by atoms with Gasteiger partial charge in [0.2, 0.25) is 0 Å². The Morgan fingerprint density at radius 1 is 1.39 bits per heavy atom. The molecule has 0 spiro atoms. The fourth-order valence-corrected chi connectivity index (χ4v) is 4.04. The largest absolute Gasteiger partial charge is 0.469 e. The summed E-state index contributed by atoms with van der Waals surface area (Å²) in [6, 6.07) is 4.32. The molecular formula is C15H23ClN2O4S. The van der Waals surface area contributed by atoms with Crippen LogP contribution in [-0.2, 0) is 19.4 Å². The van der Waals surface area contributed by atoms with Crippen LogP contribution in [0.5, 0.6) is 0 Å². The number of rotatable bonds is 4. The Hall–Kier alpha value is -1.31. The van der Waals surface area contributed by atoms with Gasteiger partial charge in [-0.1, -0.05) is 0 Å². The third kappa shape index (κ3) is 3.79. The highest BCUT2D eigenvalue weighted by Crippen LogP contribution is 2.36. The number of esters is 1. The Bertz CT molecular complexity index is 676. The number of ether oxygens (including phenoxy) is 1. The number of benzene rings is 1. The Morgan fingerprint density at radius 3 is 2.61 bits per heavy atom. The van der Waals surface area contributed by atoms with Crippen molar-refractivity contribution in [3.05, 3.63) is 23.8 Å². The first-order valence-corrected chi connectivity index (χ1v) is 8.78. The summed E-state index contributed by atoms with van der Waals surface area (Å²) in [7, 11) is -2.13. The Balaban J connectivity index is 0.00000264. The second kappa shape index (κ2) is 7.51. The summed E-state index contributed by atoms with van der Waals surface area (Å²) >= 11 is 0. The van der Waals surface area contributed by atoms with Crippen LogP contribution in [0.3, 0.4) is 0 Å². The van der Waals surface area contributed by atoms with Gasteiger partial charge in [0, 0.05) is 11.7 Å². The maximum Gasteiger partial charge on any atom is 0.310 e. The predicted molar refractivity (Wildman–Crippen MR) is 91.3 cm³/mol. The fourth-order valence-electron chi connectivity index (χ4n) is 2.76. The zero-order chi connectivity index (χ0) is 16.5. The Morgan fingerprint density at radius 2 is 2.04 bits per heavy atom. The average Bonchev–Trinajstić information content (AvgIpc) is 2.95. The van der Waals surface area contributed by atoms with E-state index in [0.29, 0.717) is 24.2 Å². The molecule has 8 heteroatoms. The first-order valence-electron chi connectivity index (χ1n) is 7.23. The van der Waals surface area contributed by atoms with Crippen LogP contribution in [0.1, 0.15) is 31.9 Å². The molecule has 23 heavy (non-hydrogen) atoms. The highest BCUT2D eigenvalue weighted by atomic mass is 35.5. The van der Waals surface area contributed by atoms with Crippen molar-refractivity contribution in [1.82, 2.24) is 5.32 Å². The van der Waals surface area contributed by atoms with Gasteiger partial charge >= 0.3 is 5.97 Å². The molecule has 1 aliphatic heterocycles. The second-order valence-corrected chi connectivity index (χ2v) is 8.21. The number of hydrogen-bond donors (Lipinski definition) is 2. The number of nitrogen functional groups attached to an aromatic ring is 1. The predicted octanol–water partition coefficient (Wildman–Crippen LogP) is 1.70. The number of sulfone groups is 1. The molecule has 2 unspecified atom stereocenters. The van der Waals surface area contributed by atoms with Crippen LogP contribution in [0.2, 0.25) is 0 Å². The van der Waals surface area contributed by atoms with Gasteiger partial charge in [-0.05, 0) is 50.6 Å². The molecule has 0 bridgehead atoms. The number of halogens is 1. The summed E-state index contributed by atoms with van der Waals surface area (Å²) < 4.78 is 30.0. The van der Waals surface area contributed by atoms with E-state index in [2.05, 4.69) is 5.32 Å². The number of nitrogens with two attached hydrogens (primary N) is 1. The first kappa shape index (κ1) is 19.7. The Labute approximate surface area is 143 Å². The molecule has 1 aliphatic rings. The molecular weight excluding hydrogens is 340 g/mol. The van der Waals surface area contributed by atoms with E-state index in [1.165, 1.54) is 13.2 Å². The van der Waals surface area contributed by atoms with Crippen LogP contribution in [0.4, 0.5) is 5.69 Å². The summed E-state index contributed by atoms with van der Waals surface area (Å²) in [6.07, 6.45) is 0.604. The summed E-state index contributed by atoms with van der Waals surface area (Å²) in [4.78, 5) is 12.2. The summed E-state index contributed by atoms with van der Waals surface area (Å²) in [6.45, 7) is 3.89. The lowest BCUT2D eigenvalue weighted by Gasteiger charge is -2.22. The van der Waals surface area contributed by atoms with Crippen LogP contribution < -0.4 is 11.1 Å². The topological polar surface area (TPSA) is 98.5 Å². The van der Waals surface area contributed by atoms with Gasteiger partial charge < -0.3 is 15.8 Å². The Kier molecular flexibility index (Phi) is 6.44. The van der Waals surface area contributed by atoms with Crippen molar-refractivity contribution in [2.45, 2.75) is 36.5 Å². The molecule has 2 atom stereocenters. The molecule has 1 saturated heterocycles. The number of anilines is 1. The van der Waals surface area contributed by atoms with E-state index in [1.807, 2.05) is 0 Å². The molecule has 1 heterocycles. The summed E-state index contributed by atoms with van der Waals surface area (Å²) in [5.41, 5.74) is 6.84. The zero-order valence-electron chi connectivity index (χ0n) is 13.4. The summed E-state index contributed by atoms with van der Waals surface area (Å²) in [5, 5.41) is 2.65. The first-order chi connectivity index (χ1) is 10.3. The van der Waals surface area contributed by atoms with E-state index in [0.717, 1.165) is 0 Å². The lowest BCUT2D eigenvalue weighted by molar-refractivity contribution is -0.145. The van der Waals surface area contributed by atoms with Gasteiger partial charge in [0.1, 0.15) is 0 Å². The minimum Gasteiger partial charge on any atom is -0.469 e. The number of carbonyl (C=O) groups is 1. The molecule has 0 aromatic heterocycles. The van der Waals surface area contributed by atoms with Crippen molar-refractivity contribution in [1.29, 1.82) is 0 Å². The van der Waals surface area contributed by atoms with Gasteiger partial charge in [-0.2, -0.15) is 0 Å². The maximum atomic E-state index is 12.6. The van der Waals surface area contributed by atoms with Crippen molar-refractivity contribution in [3.8, 4) is 0 Å². The molecule has 0 aliphatic carbocycles. The van der Waals surface area contributed by atoms with Crippen molar-refractivity contribution < 1.29 is 17.9 Å². The van der Waals surface area contributed by atoms with Crippen LogP contribution in [0, 0.1) is 5.92 Å². The van der Waals surface area contributed by atoms with E-state index in [9.17, 15) is 13.2 Å². The molecule has 1 fully saturated rings. The highest BCUT2D eigenvalue weighted by molar-refractivity contribution is 7.92. The van der Waals surface area contributed by atoms with Crippen molar-refractivity contribution in [3.63, 3.8) is 0 Å². The second-order valence-electron chi connectivity index (χ2n) is 5.74. The van der Waals surface area contributed by atoms with Crippen molar-refractivity contribution in [2.75, 3.05) is 19.4 Å². The van der Waals surface area contributed by atoms with E-state index in [4.69, 9.17) is 10.5 Å². The van der Waals surface area contributed by atoms with Gasteiger partial charge in [0.25, 0.3) is 0 Å². The summed E-state index contributed by atoms with van der Waals surface area (Å²) in [5.74, 6) is -0.752. The minimum atomic E-state index is -3.47. The smallest absolute Gasteiger partial charge is 0.310 e. The number of methoxy groups -OCH3 is 1. The molecule has 6 nitrogen and oxygen atoms in total. The van der Waals surface area contributed by atoms with Crippen LogP contribution in [0.25, 0.3) is 0 Å². The third-order valence-corrected chi connectivity index (χ3v) is 6.25. The molecule has 2 rings (SSSR count). The maximum absolute atomic E-state index is 12.6. The third-order valence-electron chi connectivity index (χ3n) is 4.02. The minimum absolute atomic E-state index is 0. The van der Waals surface area contributed by atoms with Gasteiger partial charge in [-0.25, -0.2) is 8.42 Å². The zero-order valence-corrected chi connectivity index (χ0v) is 15.0. The van der Waals surface area contributed by atoms with E-state index in [1.54, 1.807) is 26.0 Å². The molecule has 0 saturated carbocycles. The van der Waals surface area contributed by atoms with Gasteiger partial charge in [-0.3, -0.25) is 4.79 Å². The molecule has 130 valence electrons. The van der Waals surface area contributed by atoms with Gasteiger partial charge in [0.15, 0.2) is 9.84 Å². The highest BCUT2D eigenvalue weighted by Gasteiger charge is 2.38. The number of hydrogen-bond acceptors (Lipinski definition) is 6. The number of nitrogens with one attached hydrogen (secondary N) is 1. The lowest BCUT2D eigenvalue weighted by atomic mass is 9.94. The van der Waals surface area contributed by atoms with Crippen molar-refractivity contribution >= 4 is 33.9 Å². The van der Waals surface area contributed by atoms with Crippen molar-refractivity contribution in [2.24, 2.45) is 5.92 Å². The molecule has 1 aromatic rings. The van der Waals surface area contributed by atoms with Crippen LogP contribution >= 0.6 is 12.4 Å². The lowest BCUT2D eigenvalue weighted by Crippen LogP contribution is -2.27. The standard InChI is InChI=1S/C15H22N2O4S.ClH/c1-9(2)22(19,20)13-5-4-10(16)8-12(13)14-11(6-7-17-14)15(18)21-3;/h4-5,8-9,11,14,17H,6-7,16H2,1-3H3;1H. The molecule has 0 radical (unpaired) electrons. The molecule has 1 aromatic carbocycles. The van der Waals surface area contributed by atoms with Gasteiger partial charge in [0.05, 0.1) is 23.2 Å². The van der Waals surface area contributed by atoms with Gasteiger partial charge in [-0.15, -0.1) is 12.4 Å². The van der Waals surface area contributed by atoms with Crippen LogP contribution in [-0.4, -0.2) is 33.3 Å². The van der Waals surface area contributed by atoms with Crippen LogP contribution in [0.15, 0.2) is 23.1 Å². The molecule has 0 amide bonds. The van der Waals surface area contributed by atoms with E-state index < -0.39 is 27.0 Å². The average molecular weight is 363 g/mol. The quantitative estimate of drug-likeness (QED) is 0.624. The normalized spacial score (nSPS) is 21.0. The SMILES string of the molecule is COC(=O)C1CCNC1c1cc(N)ccc1S(=O)(=O)C(C)C.Cl. The fraction of sp³-hybridized carbons (Fsp3) is 0.533. The number of carbonyl (C=O) groups excluding carboxylic acids is 1. The molecule has 3 N–H and O–H groups in total. The monoisotopic (exact) mass is 362 g/mol. The van der Waals surface area contributed by atoms with E-state index in [-0.39, 0.29) is 23.3 Å².